The zero-order valence-electron chi connectivity index (χ0n) is 17.3. The minimum Gasteiger partial charge on any atom is -0.285 e. The maximum Gasteiger partial charge on any atom is 0.220 e. The smallest absolute Gasteiger partial charge is 0.220 e. The van der Waals surface area contributed by atoms with E-state index in [0.717, 1.165) is 33.8 Å². The van der Waals surface area contributed by atoms with Gasteiger partial charge in [0, 0.05) is 22.5 Å². The van der Waals surface area contributed by atoms with E-state index in [4.69, 9.17) is 4.98 Å². The van der Waals surface area contributed by atoms with Crippen molar-refractivity contribution >= 4 is 38.1 Å². The van der Waals surface area contributed by atoms with E-state index in [0.29, 0.717) is 0 Å². The number of fused-ring (bicyclic) bond motifs is 5. The fourth-order valence-electron chi connectivity index (χ4n) is 4.95. The Morgan fingerprint density at radius 1 is 0.500 bits per heavy atom. The molecule has 150 valence electrons. The summed E-state index contributed by atoms with van der Waals surface area (Å²) in [6.07, 6.45) is 2.11. The highest BCUT2D eigenvalue weighted by Crippen LogP contribution is 2.36. The molecule has 0 radical (unpaired) electrons. The lowest BCUT2D eigenvalue weighted by Crippen LogP contribution is -2.00. The first-order valence-electron chi connectivity index (χ1n) is 10.8. The van der Waals surface area contributed by atoms with Crippen LogP contribution in [0.25, 0.3) is 55.3 Å². The third-order valence-electron chi connectivity index (χ3n) is 6.35. The second kappa shape index (κ2) is 6.56. The molecule has 3 heterocycles. The highest BCUT2D eigenvalue weighted by atomic mass is 15.2. The van der Waals surface area contributed by atoms with Gasteiger partial charge in [-0.3, -0.25) is 8.97 Å². The average molecular weight is 409 g/mol. The SMILES string of the molecule is c1ccc2c(-c3nc(-n4c5ccccc5c5ccccc54)n4ccccc34)cccc2c1. The minimum absolute atomic E-state index is 0.904. The first-order valence-corrected chi connectivity index (χ1v) is 10.8. The summed E-state index contributed by atoms with van der Waals surface area (Å²) >= 11 is 0. The van der Waals surface area contributed by atoms with E-state index < -0.39 is 0 Å². The van der Waals surface area contributed by atoms with E-state index in [2.05, 4.69) is 124 Å². The molecule has 7 aromatic rings. The highest BCUT2D eigenvalue weighted by molar-refractivity contribution is 6.09. The van der Waals surface area contributed by atoms with Gasteiger partial charge >= 0.3 is 0 Å². The summed E-state index contributed by atoms with van der Waals surface area (Å²) in [5, 5.41) is 4.91. The van der Waals surface area contributed by atoms with E-state index in [9.17, 15) is 0 Å². The van der Waals surface area contributed by atoms with E-state index in [1.165, 1.54) is 21.5 Å². The summed E-state index contributed by atoms with van der Waals surface area (Å²) in [6.45, 7) is 0. The van der Waals surface area contributed by atoms with Gasteiger partial charge in [-0.1, -0.05) is 84.9 Å². The zero-order valence-corrected chi connectivity index (χ0v) is 17.3. The Morgan fingerprint density at radius 3 is 1.88 bits per heavy atom. The first kappa shape index (κ1) is 17.3. The highest BCUT2D eigenvalue weighted by Gasteiger charge is 2.19. The van der Waals surface area contributed by atoms with Crippen LogP contribution < -0.4 is 0 Å². The van der Waals surface area contributed by atoms with Crippen molar-refractivity contribution in [1.82, 2.24) is 14.0 Å². The summed E-state index contributed by atoms with van der Waals surface area (Å²) in [6, 6.07) is 38.4. The Kier molecular flexibility index (Phi) is 3.55. The third kappa shape index (κ3) is 2.33. The van der Waals surface area contributed by atoms with Crippen molar-refractivity contribution in [2.24, 2.45) is 0 Å². The number of nitrogens with zero attached hydrogens (tertiary/aromatic N) is 3. The van der Waals surface area contributed by atoms with Crippen molar-refractivity contribution in [2.45, 2.75) is 0 Å². The Balaban J connectivity index is 1.63. The van der Waals surface area contributed by atoms with Crippen LogP contribution in [0.15, 0.2) is 115 Å². The summed E-state index contributed by atoms with van der Waals surface area (Å²) in [7, 11) is 0. The Labute approximate surface area is 184 Å². The zero-order chi connectivity index (χ0) is 21.1. The molecular weight excluding hydrogens is 390 g/mol. The molecule has 0 unspecified atom stereocenters. The van der Waals surface area contributed by atoms with Gasteiger partial charge in [0.2, 0.25) is 5.95 Å². The number of benzene rings is 4. The predicted octanol–water partition coefficient (Wildman–Crippen LogP) is 7.25. The minimum atomic E-state index is 0.904. The maximum atomic E-state index is 5.28. The number of imidazole rings is 1. The molecule has 0 saturated heterocycles. The molecule has 0 spiro atoms. The average Bonchev–Trinajstić information content (AvgIpc) is 3.39. The summed E-state index contributed by atoms with van der Waals surface area (Å²) < 4.78 is 4.49. The predicted molar refractivity (Wildman–Crippen MR) is 132 cm³/mol. The number of aromatic nitrogens is 3. The number of hydrogen-bond donors (Lipinski definition) is 0. The molecule has 3 aromatic heterocycles. The molecule has 32 heavy (non-hydrogen) atoms. The lowest BCUT2D eigenvalue weighted by atomic mass is 10.0. The molecule has 0 saturated carbocycles. The molecule has 0 fully saturated rings. The molecule has 0 atom stereocenters. The first-order chi connectivity index (χ1) is 15.9. The summed E-state index contributed by atoms with van der Waals surface area (Å²) in [5.41, 5.74) is 5.57. The standard InChI is InChI=1S/C29H19N3/c1-2-12-21-20(10-1)11-9-15-24(21)28-27-18-7-8-19-31(27)29(30-28)32-25-16-5-3-13-22(25)23-14-4-6-17-26(23)32/h1-19H. The molecule has 3 heteroatoms. The Bertz CT molecular complexity index is 1730. The lowest BCUT2D eigenvalue weighted by molar-refractivity contribution is 0.983. The van der Waals surface area contributed by atoms with Crippen molar-refractivity contribution in [3.05, 3.63) is 115 Å². The van der Waals surface area contributed by atoms with Crippen LogP contribution >= 0.6 is 0 Å². The van der Waals surface area contributed by atoms with Crippen LogP contribution in [0.1, 0.15) is 0 Å². The van der Waals surface area contributed by atoms with Crippen LogP contribution in [0.4, 0.5) is 0 Å². The Hall–Kier alpha value is -4.37. The van der Waals surface area contributed by atoms with Crippen LogP contribution in [0.5, 0.6) is 0 Å². The van der Waals surface area contributed by atoms with Crippen LogP contribution in [-0.4, -0.2) is 14.0 Å². The topological polar surface area (TPSA) is 22.2 Å². The van der Waals surface area contributed by atoms with Gasteiger partial charge < -0.3 is 0 Å². The number of rotatable bonds is 2. The third-order valence-corrected chi connectivity index (χ3v) is 6.35. The van der Waals surface area contributed by atoms with Gasteiger partial charge in [-0.25, -0.2) is 4.98 Å². The molecule has 0 aliphatic rings. The molecule has 4 aromatic carbocycles. The molecule has 0 amide bonds. The monoisotopic (exact) mass is 409 g/mol. The Morgan fingerprint density at radius 2 is 1.09 bits per heavy atom. The second-order valence-corrected chi connectivity index (χ2v) is 8.11. The van der Waals surface area contributed by atoms with Gasteiger partial charge in [0.15, 0.2) is 0 Å². The molecular formula is C29H19N3. The van der Waals surface area contributed by atoms with Crippen molar-refractivity contribution < 1.29 is 0 Å². The molecule has 0 aliphatic carbocycles. The fraction of sp³-hybridized carbons (Fsp3) is 0. The van der Waals surface area contributed by atoms with Gasteiger partial charge in [0.1, 0.15) is 0 Å². The van der Waals surface area contributed by atoms with Gasteiger partial charge in [-0.2, -0.15) is 0 Å². The maximum absolute atomic E-state index is 5.28. The second-order valence-electron chi connectivity index (χ2n) is 8.11. The summed E-state index contributed by atoms with van der Waals surface area (Å²) in [5.74, 6) is 0.904. The van der Waals surface area contributed by atoms with E-state index in [1.807, 2.05) is 0 Å². The van der Waals surface area contributed by atoms with Crippen LogP contribution in [0, 0.1) is 0 Å². The van der Waals surface area contributed by atoms with Crippen LogP contribution in [-0.2, 0) is 0 Å². The number of hydrogen-bond acceptors (Lipinski definition) is 1. The van der Waals surface area contributed by atoms with Crippen molar-refractivity contribution in [3.63, 3.8) is 0 Å². The van der Waals surface area contributed by atoms with Gasteiger partial charge in [-0.05, 0) is 35.0 Å². The number of pyridine rings is 1. The fourth-order valence-corrected chi connectivity index (χ4v) is 4.95. The van der Waals surface area contributed by atoms with Gasteiger partial charge in [0.25, 0.3) is 0 Å². The van der Waals surface area contributed by atoms with Crippen molar-refractivity contribution in [3.8, 4) is 17.2 Å². The van der Waals surface area contributed by atoms with Crippen molar-refractivity contribution in [2.75, 3.05) is 0 Å². The van der Waals surface area contributed by atoms with E-state index in [1.54, 1.807) is 0 Å². The molecule has 0 aliphatic heterocycles. The molecule has 7 rings (SSSR count). The van der Waals surface area contributed by atoms with Gasteiger partial charge in [0.05, 0.1) is 22.2 Å². The van der Waals surface area contributed by atoms with E-state index in [-0.39, 0.29) is 0 Å². The number of para-hydroxylation sites is 2. The van der Waals surface area contributed by atoms with Gasteiger partial charge in [-0.15, -0.1) is 0 Å². The lowest BCUT2D eigenvalue weighted by Gasteiger charge is -2.06. The normalized spacial score (nSPS) is 11.8. The quantitative estimate of drug-likeness (QED) is 0.295. The van der Waals surface area contributed by atoms with Crippen LogP contribution in [0.2, 0.25) is 0 Å². The largest absolute Gasteiger partial charge is 0.285 e. The van der Waals surface area contributed by atoms with Crippen molar-refractivity contribution in [1.29, 1.82) is 0 Å². The van der Waals surface area contributed by atoms with E-state index >= 15 is 0 Å². The molecule has 3 nitrogen and oxygen atoms in total. The molecule has 0 bridgehead atoms. The molecule has 0 N–H and O–H groups in total. The van der Waals surface area contributed by atoms with Crippen LogP contribution in [0.3, 0.4) is 0 Å². The summed E-state index contributed by atoms with van der Waals surface area (Å²) in [4.78, 5) is 5.28.